The fourth-order valence-corrected chi connectivity index (χ4v) is 2.35. The maximum absolute atomic E-state index is 11.8. The molecule has 1 amide bonds. The van der Waals surface area contributed by atoms with Gasteiger partial charge in [-0.2, -0.15) is 0 Å². The van der Waals surface area contributed by atoms with Crippen LogP contribution < -0.4 is 5.32 Å². The van der Waals surface area contributed by atoms with Gasteiger partial charge in [-0.1, -0.05) is 0 Å². The van der Waals surface area contributed by atoms with Crippen LogP contribution in [-0.4, -0.2) is 19.0 Å². The number of rotatable bonds is 3. The van der Waals surface area contributed by atoms with Gasteiger partial charge < -0.3 is 14.5 Å². The van der Waals surface area contributed by atoms with Crippen LogP contribution in [0, 0.1) is 6.92 Å². The summed E-state index contributed by atoms with van der Waals surface area (Å²) in [4.78, 5) is 23.7. The molecule has 0 spiro atoms. The second-order valence-electron chi connectivity index (χ2n) is 3.55. The zero-order valence-corrected chi connectivity index (χ0v) is 10.7. The SMILES string of the molecule is COC(=O)c1scc(C)c1NC(=O)c1ccco1. The summed E-state index contributed by atoms with van der Waals surface area (Å²) in [5.74, 6) is -0.675. The molecule has 2 rings (SSSR count). The summed E-state index contributed by atoms with van der Waals surface area (Å²) in [6.45, 7) is 1.81. The number of anilines is 1. The van der Waals surface area contributed by atoms with E-state index in [2.05, 4.69) is 10.1 Å². The van der Waals surface area contributed by atoms with E-state index in [0.29, 0.717) is 10.6 Å². The van der Waals surface area contributed by atoms with E-state index >= 15 is 0 Å². The highest BCUT2D eigenvalue weighted by Gasteiger charge is 2.19. The van der Waals surface area contributed by atoms with Crippen molar-refractivity contribution in [3.8, 4) is 0 Å². The fraction of sp³-hybridized carbons (Fsp3) is 0.167. The molecule has 0 unspecified atom stereocenters. The first kappa shape index (κ1) is 12.4. The Hall–Kier alpha value is -2.08. The number of hydrogen-bond donors (Lipinski definition) is 1. The van der Waals surface area contributed by atoms with Crippen LogP contribution in [0.5, 0.6) is 0 Å². The minimum absolute atomic E-state index is 0.191. The highest BCUT2D eigenvalue weighted by molar-refractivity contribution is 7.12. The smallest absolute Gasteiger partial charge is 0.350 e. The van der Waals surface area contributed by atoms with Crippen molar-refractivity contribution < 1.29 is 18.7 Å². The Morgan fingerprint density at radius 3 is 2.83 bits per heavy atom. The third-order valence-electron chi connectivity index (χ3n) is 2.33. The molecular weight excluding hydrogens is 254 g/mol. The quantitative estimate of drug-likeness (QED) is 0.866. The molecule has 0 radical (unpaired) electrons. The average molecular weight is 265 g/mol. The minimum Gasteiger partial charge on any atom is -0.465 e. The van der Waals surface area contributed by atoms with Crippen molar-refractivity contribution in [2.45, 2.75) is 6.92 Å². The van der Waals surface area contributed by atoms with Crippen molar-refractivity contribution in [1.29, 1.82) is 0 Å². The van der Waals surface area contributed by atoms with Crippen molar-refractivity contribution in [3.63, 3.8) is 0 Å². The van der Waals surface area contributed by atoms with Crippen LogP contribution in [0.3, 0.4) is 0 Å². The van der Waals surface area contributed by atoms with E-state index < -0.39 is 11.9 Å². The van der Waals surface area contributed by atoms with E-state index in [9.17, 15) is 9.59 Å². The molecule has 0 saturated carbocycles. The van der Waals surface area contributed by atoms with Crippen molar-refractivity contribution >= 4 is 28.9 Å². The van der Waals surface area contributed by atoms with E-state index in [1.165, 1.54) is 24.7 Å². The van der Waals surface area contributed by atoms with Gasteiger partial charge >= 0.3 is 5.97 Å². The largest absolute Gasteiger partial charge is 0.465 e. The molecule has 2 aromatic heterocycles. The van der Waals surface area contributed by atoms with Gasteiger partial charge in [0.2, 0.25) is 0 Å². The van der Waals surface area contributed by atoms with Crippen molar-refractivity contribution in [1.82, 2.24) is 0 Å². The molecular formula is C12H11NO4S. The van der Waals surface area contributed by atoms with Crippen LogP contribution in [-0.2, 0) is 4.74 Å². The summed E-state index contributed by atoms with van der Waals surface area (Å²) in [6, 6.07) is 3.17. The van der Waals surface area contributed by atoms with Gasteiger partial charge in [-0.05, 0) is 30.0 Å². The van der Waals surface area contributed by atoms with Gasteiger partial charge in [-0.25, -0.2) is 4.79 Å². The lowest BCUT2D eigenvalue weighted by Crippen LogP contribution is -2.14. The number of ether oxygens (including phenoxy) is 1. The molecule has 0 atom stereocenters. The predicted octanol–water partition coefficient (Wildman–Crippen LogP) is 2.69. The van der Waals surface area contributed by atoms with Gasteiger partial charge in [0.1, 0.15) is 4.88 Å². The summed E-state index contributed by atoms with van der Waals surface area (Å²) in [5.41, 5.74) is 1.27. The third kappa shape index (κ3) is 2.28. The molecule has 94 valence electrons. The summed E-state index contributed by atoms with van der Waals surface area (Å²) >= 11 is 1.23. The van der Waals surface area contributed by atoms with Gasteiger partial charge in [-0.3, -0.25) is 4.79 Å². The van der Waals surface area contributed by atoms with Crippen molar-refractivity contribution in [3.05, 3.63) is 40.0 Å². The topological polar surface area (TPSA) is 68.5 Å². The second kappa shape index (κ2) is 5.05. The highest BCUT2D eigenvalue weighted by atomic mass is 32.1. The first-order chi connectivity index (χ1) is 8.63. The zero-order chi connectivity index (χ0) is 13.1. The molecule has 0 aliphatic rings. The molecule has 2 aromatic rings. The average Bonchev–Trinajstić information content (AvgIpc) is 2.99. The zero-order valence-electron chi connectivity index (χ0n) is 9.85. The maximum Gasteiger partial charge on any atom is 0.350 e. The lowest BCUT2D eigenvalue weighted by atomic mass is 10.2. The number of carbonyl (C=O) groups excluding carboxylic acids is 2. The standard InChI is InChI=1S/C12H11NO4S/c1-7-6-18-10(12(15)16-2)9(7)13-11(14)8-4-3-5-17-8/h3-6H,1-2H3,(H,13,14). The second-order valence-corrected chi connectivity index (χ2v) is 4.43. The molecule has 0 bridgehead atoms. The van der Waals surface area contributed by atoms with Crippen LogP contribution in [0.2, 0.25) is 0 Å². The summed E-state index contributed by atoms with van der Waals surface area (Å²) < 4.78 is 9.65. The van der Waals surface area contributed by atoms with Crippen LogP contribution >= 0.6 is 11.3 Å². The van der Waals surface area contributed by atoms with Crippen LogP contribution in [0.25, 0.3) is 0 Å². The van der Waals surface area contributed by atoms with Gasteiger partial charge in [0.15, 0.2) is 5.76 Å². The summed E-state index contributed by atoms with van der Waals surface area (Å²) in [7, 11) is 1.30. The Morgan fingerprint density at radius 2 is 2.22 bits per heavy atom. The van der Waals surface area contributed by atoms with E-state index in [-0.39, 0.29) is 5.76 Å². The number of amides is 1. The van der Waals surface area contributed by atoms with Gasteiger partial charge in [0.25, 0.3) is 5.91 Å². The van der Waals surface area contributed by atoms with Crippen LogP contribution in [0.4, 0.5) is 5.69 Å². The monoisotopic (exact) mass is 265 g/mol. The first-order valence-electron chi connectivity index (χ1n) is 5.14. The van der Waals surface area contributed by atoms with Crippen molar-refractivity contribution in [2.24, 2.45) is 0 Å². The highest BCUT2D eigenvalue weighted by Crippen LogP contribution is 2.28. The normalized spacial score (nSPS) is 10.1. The Morgan fingerprint density at radius 1 is 1.44 bits per heavy atom. The van der Waals surface area contributed by atoms with E-state index in [4.69, 9.17) is 4.42 Å². The van der Waals surface area contributed by atoms with E-state index in [1.807, 2.05) is 0 Å². The third-order valence-corrected chi connectivity index (χ3v) is 3.41. The fourth-order valence-electron chi connectivity index (χ4n) is 1.43. The number of furan rings is 1. The molecule has 5 nitrogen and oxygen atoms in total. The molecule has 0 aromatic carbocycles. The summed E-state index contributed by atoms with van der Waals surface area (Å²) in [5, 5.41) is 4.44. The molecule has 2 heterocycles. The molecule has 6 heteroatoms. The summed E-state index contributed by atoms with van der Waals surface area (Å²) in [6.07, 6.45) is 1.41. The Kier molecular flexibility index (Phi) is 3.47. The van der Waals surface area contributed by atoms with Gasteiger partial charge in [0.05, 0.1) is 19.1 Å². The molecule has 0 saturated heterocycles. The molecule has 18 heavy (non-hydrogen) atoms. The number of aryl methyl sites for hydroxylation is 1. The Labute approximate surface area is 107 Å². The predicted molar refractivity (Wildman–Crippen MR) is 67.1 cm³/mol. The number of esters is 1. The van der Waals surface area contributed by atoms with E-state index in [0.717, 1.165) is 5.56 Å². The molecule has 0 fully saturated rings. The number of methoxy groups -OCH3 is 1. The number of nitrogens with one attached hydrogen (secondary N) is 1. The minimum atomic E-state index is -0.470. The van der Waals surface area contributed by atoms with Crippen molar-refractivity contribution in [2.75, 3.05) is 12.4 Å². The van der Waals surface area contributed by atoms with Gasteiger partial charge in [-0.15, -0.1) is 11.3 Å². The lowest BCUT2D eigenvalue weighted by Gasteiger charge is -2.05. The Balaban J connectivity index is 2.26. The molecule has 1 N–H and O–H groups in total. The Bertz CT molecular complexity index is 571. The van der Waals surface area contributed by atoms with E-state index in [1.54, 1.807) is 24.4 Å². The van der Waals surface area contributed by atoms with Crippen LogP contribution in [0.15, 0.2) is 28.2 Å². The maximum atomic E-state index is 11.8. The first-order valence-corrected chi connectivity index (χ1v) is 6.02. The lowest BCUT2D eigenvalue weighted by molar-refractivity contribution is 0.0607. The van der Waals surface area contributed by atoms with Gasteiger partial charge in [0, 0.05) is 0 Å². The van der Waals surface area contributed by atoms with Crippen LogP contribution in [0.1, 0.15) is 25.8 Å². The number of carbonyl (C=O) groups is 2. The number of hydrogen-bond acceptors (Lipinski definition) is 5. The molecule has 0 aliphatic carbocycles. The number of thiophene rings is 1. The molecule has 0 aliphatic heterocycles.